The van der Waals surface area contributed by atoms with Crippen molar-refractivity contribution in [2.75, 3.05) is 11.5 Å². The Morgan fingerprint density at radius 2 is 1.78 bits per heavy atom. The summed E-state index contributed by atoms with van der Waals surface area (Å²) in [4.78, 5) is 7.78. The number of nitrogens with two attached hydrogens (primary N) is 2. The molecule has 0 aliphatic rings. The van der Waals surface area contributed by atoms with Gasteiger partial charge in [0.25, 0.3) is 0 Å². The third-order valence-electron chi connectivity index (χ3n) is 1.84. The molecule has 0 aliphatic heterocycles. The summed E-state index contributed by atoms with van der Waals surface area (Å²) in [7, 11) is 0. The van der Waals surface area contributed by atoms with Gasteiger partial charge in [0.15, 0.2) is 5.82 Å². The Morgan fingerprint density at radius 3 is 2.39 bits per heavy atom. The van der Waals surface area contributed by atoms with E-state index in [1.807, 2.05) is 0 Å². The first-order valence-corrected chi connectivity index (χ1v) is 4.59. The molecule has 2 heterocycles. The van der Waals surface area contributed by atoms with Crippen molar-refractivity contribution in [2.24, 2.45) is 10.2 Å². The normalized spacial score (nSPS) is 9.56. The van der Waals surface area contributed by atoms with Crippen LogP contribution >= 0.6 is 0 Å². The molecule has 0 bridgehead atoms. The average Bonchev–Trinajstić information content (AvgIpc) is 2.29. The summed E-state index contributed by atoms with van der Waals surface area (Å²) in [5, 5.41) is 7.93. The average molecular weight is 262 g/mol. The van der Waals surface area contributed by atoms with Crippen LogP contribution in [0.4, 0.5) is 23.0 Å². The van der Waals surface area contributed by atoms with E-state index in [2.05, 4.69) is 20.2 Å². The first kappa shape index (κ1) is 17.5. The van der Waals surface area contributed by atoms with Crippen LogP contribution in [-0.2, 0) is 0 Å². The van der Waals surface area contributed by atoms with Gasteiger partial charge in [0.05, 0.1) is 6.20 Å². The van der Waals surface area contributed by atoms with Gasteiger partial charge in [-0.15, -0.1) is 10.2 Å². The van der Waals surface area contributed by atoms with Gasteiger partial charge in [-0.3, -0.25) is 4.98 Å². The van der Waals surface area contributed by atoms with E-state index in [9.17, 15) is 0 Å². The van der Waals surface area contributed by atoms with Crippen LogP contribution in [0.3, 0.4) is 0 Å². The molecule has 0 saturated carbocycles. The molecule has 8 heteroatoms. The van der Waals surface area contributed by atoms with Crippen molar-refractivity contribution >= 4 is 82.1 Å². The van der Waals surface area contributed by atoms with E-state index in [1.54, 1.807) is 36.7 Å². The van der Waals surface area contributed by atoms with Crippen LogP contribution in [0, 0.1) is 0 Å². The van der Waals surface area contributed by atoms with Gasteiger partial charge in [-0.2, -0.15) is 0 Å². The molecule has 0 unspecified atom stereocenters. The number of rotatable bonds is 2. The van der Waals surface area contributed by atoms with Gasteiger partial charge >= 0.3 is 59.1 Å². The third kappa shape index (κ3) is 5.01. The van der Waals surface area contributed by atoms with Crippen molar-refractivity contribution in [1.29, 1.82) is 0 Å². The van der Waals surface area contributed by atoms with Gasteiger partial charge in [-0.25, -0.2) is 4.98 Å². The van der Waals surface area contributed by atoms with Crippen molar-refractivity contribution in [1.82, 2.24) is 9.97 Å². The van der Waals surface area contributed by atoms with Crippen LogP contribution in [0.15, 0.2) is 46.9 Å². The number of nitrogens with zero attached hydrogens (tertiary/aromatic N) is 4. The molecule has 0 radical (unpaired) electrons. The zero-order valence-corrected chi connectivity index (χ0v) is 8.41. The van der Waals surface area contributed by atoms with Crippen LogP contribution in [0.2, 0.25) is 0 Å². The summed E-state index contributed by atoms with van der Waals surface area (Å²) >= 11 is 0. The summed E-state index contributed by atoms with van der Waals surface area (Å²) < 4.78 is 0. The van der Waals surface area contributed by atoms with Gasteiger partial charge in [0.1, 0.15) is 17.2 Å². The Bertz CT molecular complexity index is 517. The molecule has 18 heavy (non-hydrogen) atoms. The number of hydrogen-bond donors (Lipinski definition) is 2. The zero-order chi connectivity index (χ0) is 11.4. The summed E-state index contributed by atoms with van der Waals surface area (Å²) in [5.74, 6) is 0.616. The molecular formula is C10H12N6Na2. The molecule has 2 aromatic heterocycles. The molecular weight excluding hydrogens is 250 g/mol. The van der Waals surface area contributed by atoms with Gasteiger partial charge < -0.3 is 11.5 Å². The van der Waals surface area contributed by atoms with Crippen molar-refractivity contribution in [3.8, 4) is 0 Å². The minimum atomic E-state index is 0. The Labute approximate surface area is 149 Å². The van der Waals surface area contributed by atoms with E-state index in [0.717, 1.165) is 0 Å². The second-order valence-electron chi connectivity index (χ2n) is 3.05. The predicted molar refractivity (Wildman–Crippen MR) is 75.8 cm³/mol. The molecule has 6 nitrogen and oxygen atoms in total. The van der Waals surface area contributed by atoms with Gasteiger partial charge in [-0.1, -0.05) is 0 Å². The number of azo groups is 1. The van der Waals surface area contributed by atoms with Crippen LogP contribution in [0.5, 0.6) is 0 Å². The Morgan fingerprint density at radius 1 is 1.00 bits per heavy atom. The number of aromatic nitrogens is 2. The monoisotopic (exact) mass is 262 g/mol. The summed E-state index contributed by atoms with van der Waals surface area (Å²) in [6.07, 6.45) is 3.27. The van der Waals surface area contributed by atoms with Crippen LogP contribution in [0.1, 0.15) is 0 Å². The van der Waals surface area contributed by atoms with Crippen LogP contribution in [0.25, 0.3) is 0 Å². The number of anilines is 2. The first-order valence-electron chi connectivity index (χ1n) is 4.59. The Kier molecular flexibility index (Phi) is 8.34. The molecule has 84 valence electrons. The van der Waals surface area contributed by atoms with Gasteiger partial charge in [0, 0.05) is 6.20 Å². The van der Waals surface area contributed by atoms with Gasteiger partial charge in [0.2, 0.25) is 0 Å². The number of pyridine rings is 2. The first-order chi connectivity index (χ1) is 7.75. The zero-order valence-electron chi connectivity index (χ0n) is 8.41. The van der Waals surface area contributed by atoms with E-state index in [1.165, 1.54) is 0 Å². The molecule has 0 aliphatic carbocycles. The van der Waals surface area contributed by atoms with Gasteiger partial charge in [-0.05, 0) is 24.3 Å². The molecule has 0 amide bonds. The standard InChI is InChI=1S/C10H10N6.2Na.2H/c11-9-4-3-8(10(12)14-9)16-15-7-2-1-5-13-6-7;;;;/h1-6H,(H4,11,12,14);;;;. The Balaban J connectivity index is 0.00000144. The van der Waals surface area contributed by atoms with Crippen molar-refractivity contribution in [3.63, 3.8) is 0 Å². The van der Waals surface area contributed by atoms with E-state index < -0.39 is 0 Å². The minimum absolute atomic E-state index is 0. The Hall–Kier alpha value is -0.500. The van der Waals surface area contributed by atoms with Crippen molar-refractivity contribution < 1.29 is 0 Å². The maximum absolute atomic E-state index is 5.63. The quantitative estimate of drug-likeness (QED) is 0.616. The molecule has 0 fully saturated rings. The van der Waals surface area contributed by atoms with E-state index >= 15 is 0 Å². The second-order valence-corrected chi connectivity index (χ2v) is 3.05. The SMILES string of the molecule is Nc1ccc(N=Nc2cccnc2)c(N)n1.[NaH].[NaH]. The number of hydrogen-bond acceptors (Lipinski definition) is 6. The molecule has 0 atom stereocenters. The second kappa shape index (κ2) is 8.58. The fourth-order valence-corrected chi connectivity index (χ4v) is 1.09. The molecule has 2 aromatic rings. The number of nitrogen functional groups attached to an aromatic ring is 2. The van der Waals surface area contributed by atoms with Crippen molar-refractivity contribution in [3.05, 3.63) is 36.7 Å². The maximum atomic E-state index is 5.63. The molecule has 4 N–H and O–H groups in total. The summed E-state index contributed by atoms with van der Waals surface area (Å²) in [6, 6.07) is 6.85. The molecule has 2 rings (SSSR count). The molecule has 0 spiro atoms. The predicted octanol–water partition coefficient (Wildman–Crippen LogP) is 0.759. The van der Waals surface area contributed by atoms with Crippen molar-refractivity contribution in [2.45, 2.75) is 0 Å². The summed E-state index contributed by atoms with van der Waals surface area (Å²) in [5.41, 5.74) is 12.2. The van der Waals surface area contributed by atoms with Crippen LogP contribution < -0.4 is 11.5 Å². The molecule has 0 saturated heterocycles. The topological polar surface area (TPSA) is 103 Å². The third-order valence-corrected chi connectivity index (χ3v) is 1.84. The van der Waals surface area contributed by atoms with Crippen LogP contribution in [-0.4, -0.2) is 69.1 Å². The fourth-order valence-electron chi connectivity index (χ4n) is 1.09. The van der Waals surface area contributed by atoms with E-state index in [0.29, 0.717) is 17.2 Å². The summed E-state index contributed by atoms with van der Waals surface area (Å²) in [6.45, 7) is 0. The molecule has 0 aromatic carbocycles. The fraction of sp³-hybridized carbons (Fsp3) is 0. The van der Waals surface area contributed by atoms with E-state index in [4.69, 9.17) is 11.5 Å². The van der Waals surface area contributed by atoms with E-state index in [-0.39, 0.29) is 64.9 Å².